The van der Waals surface area contributed by atoms with Crippen LogP contribution in [0.1, 0.15) is 5.56 Å². The number of nitrogens with one attached hydrogen (secondary N) is 1. The first-order chi connectivity index (χ1) is 11.1. The molecule has 0 spiro atoms. The van der Waals surface area contributed by atoms with Crippen LogP contribution in [0.4, 0.5) is 5.82 Å². The summed E-state index contributed by atoms with van der Waals surface area (Å²) in [4.78, 5) is 16.1. The van der Waals surface area contributed by atoms with Crippen molar-refractivity contribution in [1.82, 2.24) is 14.8 Å². The first kappa shape index (κ1) is 14.8. The summed E-state index contributed by atoms with van der Waals surface area (Å²) in [5, 5.41) is 16.7. The van der Waals surface area contributed by atoms with E-state index in [1.54, 1.807) is 48.4 Å². The lowest BCUT2D eigenvalue weighted by atomic mass is 10.1. The van der Waals surface area contributed by atoms with E-state index < -0.39 is 0 Å². The summed E-state index contributed by atoms with van der Waals surface area (Å²) in [5.41, 5.74) is 2.45. The van der Waals surface area contributed by atoms with Gasteiger partial charge in [0.2, 0.25) is 5.91 Å². The molecular weight excluding hydrogens is 292 g/mol. The summed E-state index contributed by atoms with van der Waals surface area (Å²) in [6.45, 7) is 0. The summed E-state index contributed by atoms with van der Waals surface area (Å²) in [5.74, 6) is 0.595. The van der Waals surface area contributed by atoms with E-state index in [1.807, 2.05) is 18.2 Å². The molecule has 23 heavy (non-hydrogen) atoms. The molecule has 2 aromatic heterocycles. The van der Waals surface area contributed by atoms with Gasteiger partial charge in [-0.05, 0) is 29.8 Å². The largest absolute Gasteiger partial charge is 0.508 e. The number of aromatic nitrogens is 3. The third-order valence-corrected chi connectivity index (χ3v) is 3.40. The third-order valence-electron chi connectivity index (χ3n) is 3.40. The lowest BCUT2D eigenvalue weighted by Crippen LogP contribution is -2.16. The van der Waals surface area contributed by atoms with Crippen LogP contribution in [0, 0.1) is 0 Å². The zero-order valence-corrected chi connectivity index (χ0v) is 12.6. The van der Waals surface area contributed by atoms with Gasteiger partial charge in [-0.1, -0.05) is 12.1 Å². The minimum Gasteiger partial charge on any atom is -0.508 e. The molecule has 1 aromatic carbocycles. The monoisotopic (exact) mass is 308 g/mol. The van der Waals surface area contributed by atoms with Crippen LogP contribution in [-0.4, -0.2) is 25.8 Å². The molecule has 0 aliphatic carbocycles. The van der Waals surface area contributed by atoms with Crippen LogP contribution in [0.25, 0.3) is 11.3 Å². The van der Waals surface area contributed by atoms with Crippen molar-refractivity contribution in [3.8, 4) is 17.0 Å². The maximum absolute atomic E-state index is 12.1. The smallest absolute Gasteiger partial charge is 0.229 e. The number of hydrogen-bond acceptors (Lipinski definition) is 4. The Bertz CT molecular complexity index is 828. The number of phenols is 1. The molecule has 0 atom stereocenters. The van der Waals surface area contributed by atoms with Gasteiger partial charge in [-0.25, -0.2) is 0 Å². The van der Waals surface area contributed by atoms with Gasteiger partial charge in [-0.3, -0.25) is 14.5 Å². The van der Waals surface area contributed by atoms with Crippen LogP contribution in [0.5, 0.6) is 5.75 Å². The van der Waals surface area contributed by atoms with Crippen molar-refractivity contribution >= 4 is 11.7 Å². The van der Waals surface area contributed by atoms with Gasteiger partial charge in [0.15, 0.2) is 0 Å². The number of rotatable bonds is 4. The second-order valence-electron chi connectivity index (χ2n) is 5.17. The molecule has 0 fully saturated rings. The topological polar surface area (TPSA) is 80.0 Å². The molecule has 6 heteroatoms. The number of aromatic hydroxyl groups is 1. The van der Waals surface area contributed by atoms with Gasteiger partial charge in [0.1, 0.15) is 11.6 Å². The van der Waals surface area contributed by atoms with Crippen LogP contribution in [0.2, 0.25) is 0 Å². The quantitative estimate of drug-likeness (QED) is 0.775. The SMILES string of the molecule is Cn1nc(-c2ccncc2)cc1NC(=O)Cc1cccc(O)c1. The summed E-state index contributed by atoms with van der Waals surface area (Å²) in [6, 6.07) is 12.2. The van der Waals surface area contributed by atoms with E-state index in [0.29, 0.717) is 5.82 Å². The van der Waals surface area contributed by atoms with Crippen molar-refractivity contribution in [2.24, 2.45) is 7.05 Å². The summed E-state index contributed by atoms with van der Waals surface area (Å²) >= 11 is 0. The highest BCUT2D eigenvalue weighted by molar-refractivity contribution is 5.92. The van der Waals surface area contributed by atoms with Crippen LogP contribution in [0.3, 0.4) is 0 Å². The average molecular weight is 308 g/mol. The Hall–Kier alpha value is -3.15. The number of pyridine rings is 1. The normalized spacial score (nSPS) is 10.5. The molecule has 0 aliphatic rings. The van der Waals surface area contributed by atoms with Crippen LogP contribution < -0.4 is 5.32 Å². The zero-order chi connectivity index (χ0) is 16.2. The van der Waals surface area contributed by atoms with E-state index in [9.17, 15) is 9.90 Å². The van der Waals surface area contributed by atoms with Gasteiger partial charge in [0, 0.05) is 31.1 Å². The number of hydrogen-bond donors (Lipinski definition) is 2. The fourth-order valence-electron chi connectivity index (χ4n) is 2.29. The van der Waals surface area contributed by atoms with Gasteiger partial charge >= 0.3 is 0 Å². The van der Waals surface area contributed by atoms with Gasteiger partial charge in [0.25, 0.3) is 0 Å². The number of amides is 1. The van der Waals surface area contributed by atoms with Gasteiger partial charge in [0.05, 0.1) is 12.1 Å². The number of carbonyl (C=O) groups is 1. The third kappa shape index (κ3) is 3.55. The van der Waals surface area contributed by atoms with E-state index in [0.717, 1.165) is 16.8 Å². The molecule has 1 amide bonds. The highest BCUT2D eigenvalue weighted by Crippen LogP contribution is 2.20. The van der Waals surface area contributed by atoms with Crippen molar-refractivity contribution in [2.45, 2.75) is 6.42 Å². The van der Waals surface area contributed by atoms with Gasteiger partial charge in [-0.2, -0.15) is 5.10 Å². The Kier molecular flexibility index (Phi) is 4.05. The van der Waals surface area contributed by atoms with E-state index in [-0.39, 0.29) is 18.1 Å². The number of carbonyl (C=O) groups excluding carboxylic acids is 1. The molecular formula is C17H16N4O2. The molecule has 2 N–H and O–H groups in total. The van der Waals surface area contributed by atoms with Crippen molar-refractivity contribution in [3.63, 3.8) is 0 Å². The van der Waals surface area contributed by atoms with E-state index in [2.05, 4.69) is 15.4 Å². The van der Waals surface area contributed by atoms with Gasteiger partial charge < -0.3 is 10.4 Å². The molecule has 3 rings (SSSR count). The number of aryl methyl sites for hydroxylation is 1. The fraction of sp³-hybridized carbons (Fsp3) is 0.118. The predicted octanol–water partition coefficient (Wildman–Crippen LogP) is 2.37. The highest BCUT2D eigenvalue weighted by Gasteiger charge is 2.11. The molecule has 0 radical (unpaired) electrons. The van der Waals surface area contributed by atoms with Crippen molar-refractivity contribution in [2.75, 3.05) is 5.32 Å². The first-order valence-corrected chi connectivity index (χ1v) is 7.14. The summed E-state index contributed by atoms with van der Waals surface area (Å²) < 4.78 is 1.62. The van der Waals surface area contributed by atoms with E-state index in [1.165, 1.54) is 0 Å². The lowest BCUT2D eigenvalue weighted by molar-refractivity contribution is -0.115. The molecule has 6 nitrogen and oxygen atoms in total. The van der Waals surface area contributed by atoms with Gasteiger partial charge in [-0.15, -0.1) is 0 Å². The number of benzene rings is 1. The standard InChI is InChI=1S/C17H16N4O2/c1-21-16(11-15(20-21)13-5-7-18-8-6-13)19-17(23)10-12-3-2-4-14(22)9-12/h2-9,11,22H,10H2,1H3,(H,19,23). The second-order valence-corrected chi connectivity index (χ2v) is 5.17. The average Bonchev–Trinajstić information content (AvgIpc) is 2.89. The first-order valence-electron chi connectivity index (χ1n) is 7.14. The molecule has 3 aromatic rings. The van der Waals surface area contributed by atoms with Crippen LogP contribution >= 0.6 is 0 Å². The van der Waals surface area contributed by atoms with E-state index >= 15 is 0 Å². The maximum Gasteiger partial charge on any atom is 0.229 e. The van der Waals surface area contributed by atoms with Crippen LogP contribution in [0.15, 0.2) is 54.9 Å². The molecule has 0 saturated heterocycles. The summed E-state index contributed by atoms with van der Waals surface area (Å²) in [7, 11) is 1.77. The van der Waals surface area contributed by atoms with Crippen molar-refractivity contribution < 1.29 is 9.90 Å². The Morgan fingerprint density at radius 1 is 1.22 bits per heavy atom. The fourth-order valence-corrected chi connectivity index (χ4v) is 2.29. The second kappa shape index (κ2) is 6.31. The number of anilines is 1. The van der Waals surface area contributed by atoms with Crippen LogP contribution in [-0.2, 0) is 18.3 Å². The molecule has 0 saturated carbocycles. The predicted molar refractivity (Wildman–Crippen MR) is 86.9 cm³/mol. The Morgan fingerprint density at radius 3 is 2.74 bits per heavy atom. The molecule has 116 valence electrons. The minimum atomic E-state index is -0.167. The summed E-state index contributed by atoms with van der Waals surface area (Å²) in [6.07, 6.45) is 3.58. The number of phenolic OH excluding ortho intramolecular Hbond substituents is 1. The Balaban J connectivity index is 1.73. The maximum atomic E-state index is 12.1. The number of nitrogens with zero attached hydrogens (tertiary/aromatic N) is 3. The van der Waals surface area contributed by atoms with Crippen molar-refractivity contribution in [3.05, 3.63) is 60.4 Å². The van der Waals surface area contributed by atoms with Crippen molar-refractivity contribution in [1.29, 1.82) is 0 Å². The Morgan fingerprint density at radius 2 is 2.00 bits per heavy atom. The Labute approximate surface area is 133 Å². The zero-order valence-electron chi connectivity index (χ0n) is 12.6. The molecule has 0 bridgehead atoms. The lowest BCUT2D eigenvalue weighted by Gasteiger charge is -2.05. The molecule has 0 aliphatic heterocycles. The van der Waals surface area contributed by atoms with E-state index in [4.69, 9.17) is 0 Å². The molecule has 0 unspecified atom stereocenters. The minimum absolute atomic E-state index is 0.149. The molecule has 2 heterocycles. The highest BCUT2D eigenvalue weighted by atomic mass is 16.3.